The van der Waals surface area contributed by atoms with E-state index in [-0.39, 0.29) is 0 Å². The summed E-state index contributed by atoms with van der Waals surface area (Å²) in [5.41, 5.74) is 5.22. The summed E-state index contributed by atoms with van der Waals surface area (Å²) in [6.45, 7) is 3.95. The highest BCUT2D eigenvalue weighted by atomic mass is 35.5. The molecule has 3 N–H and O–H groups in total. The van der Waals surface area contributed by atoms with Gasteiger partial charge in [0.1, 0.15) is 5.82 Å². The molecule has 0 spiro atoms. The smallest absolute Gasteiger partial charge is 0.163 e. The van der Waals surface area contributed by atoms with E-state index in [0.717, 1.165) is 23.2 Å². The van der Waals surface area contributed by atoms with Gasteiger partial charge in [0.15, 0.2) is 5.82 Å². The van der Waals surface area contributed by atoms with Crippen LogP contribution in [-0.2, 0) is 6.42 Å². The molecule has 1 aromatic carbocycles. The van der Waals surface area contributed by atoms with Crippen molar-refractivity contribution in [1.82, 2.24) is 9.97 Å². The molecule has 100 valence electrons. The second kappa shape index (κ2) is 5.74. The number of hydrogen-bond donors (Lipinski definition) is 2. The van der Waals surface area contributed by atoms with Crippen LogP contribution in [0.2, 0.25) is 10.0 Å². The molecule has 0 radical (unpaired) electrons. The second-order valence-corrected chi connectivity index (χ2v) is 4.93. The van der Waals surface area contributed by atoms with Crippen molar-refractivity contribution in [2.24, 2.45) is 5.84 Å². The summed E-state index contributed by atoms with van der Waals surface area (Å²) < 4.78 is 0. The molecular formula is C13H14Cl2N4. The summed E-state index contributed by atoms with van der Waals surface area (Å²) in [5.74, 6) is 6.66. The van der Waals surface area contributed by atoms with Gasteiger partial charge in [0.2, 0.25) is 0 Å². The van der Waals surface area contributed by atoms with E-state index in [0.29, 0.717) is 21.7 Å². The van der Waals surface area contributed by atoms with Crippen molar-refractivity contribution in [2.45, 2.75) is 20.3 Å². The zero-order valence-electron chi connectivity index (χ0n) is 10.7. The first-order valence-corrected chi connectivity index (χ1v) is 6.62. The maximum atomic E-state index is 6.17. The lowest BCUT2D eigenvalue weighted by atomic mass is 10.1. The van der Waals surface area contributed by atoms with Gasteiger partial charge in [-0.25, -0.2) is 15.8 Å². The fourth-order valence-corrected chi connectivity index (χ4v) is 2.42. The first-order chi connectivity index (χ1) is 9.06. The molecular weight excluding hydrogens is 283 g/mol. The van der Waals surface area contributed by atoms with E-state index >= 15 is 0 Å². The highest BCUT2D eigenvalue weighted by Crippen LogP contribution is 2.30. The largest absolute Gasteiger partial charge is 0.308 e. The minimum Gasteiger partial charge on any atom is -0.308 e. The fourth-order valence-electron chi connectivity index (χ4n) is 1.93. The Balaban J connectivity index is 2.60. The molecule has 1 aromatic heterocycles. The molecule has 2 rings (SSSR count). The number of anilines is 1. The number of nitrogen functional groups attached to an aromatic ring is 1. The van der Waals surface area contributed by atoms with Gasteiger partial charge in [0.05, 0.1) is 5.02 Å². The number of rotatable bonds is 3. The number of benzene rings is 1. The number of aromatic nitrogens is 2. The van der Waals surface area contributed by atoms with E-state index in [1.165, 1.54) is 0 Å². The van der Waals surface area contributed by atoms with Crippen LogP contribution in [0.15, 0.2) is 18.2 Å². The Bertz CT molecular complexity index is 614. The van der Waals surface area contributed by atoms with Gasteiger partial charge >= 0.3 is 0 Å². The summed E-state index contributed by atoms with van der Waals surface area (Å²) >= 11 is 12.1. The molecule has 0 atom stereocenters. The molecule has 0 saturated carbocycles. The van der Waals surface area contributed by atoms with Gasteiger partial charge in [0.25, 0.3) is 0 Å². The van der Waals surface area contributed by atoms with Crippen molar-refractivity contribution in [3.8, 4) is 11.4 Å². The minimum absolute atomic E-state index is 0.513. The Labute approximate surface area is 121 Å². The van der Waals surface area contributed by atoms with Crippen molar-refractivity contribution in [2.75, 3.05) is 5.43 Å². The number of nitrogens with two attached hydrogens (primary N) is 1. The molecule has 4 nitrogen and oxygen atoms in total. The Hall–Kier alpha value is -1.36. The third-order valence-electron chi connectivity index (χ3n) is 2.88. The van der Waals surface area contributed by atoms with Crippen molar-refractivity contribution in [3.63, 3.8) is 0 Å². The van der Waals surface area contributed by atoms with Crippen LogP contribution >= 0.6 is 23.2 Å². The SMILES string of the molecule is CCc1c(C)nc(-c2ccc(Cl)cc2Cl)nc1NN. The van der Waals surface area contributed by atoms with Gasteiger partial charge in [-0.15, -0.1) is 0 Å². The quantitative estimate of drug-likeness (QED) is 0.671. The first-order valence-electron chi connectivity index (χ1n) is 5.86. The first kappa shape index (κ1) is 14.1. The van der Waals surface area contributed by atoms with Crippen molar-refractivity contribution in [1.29, 1.82) is 0 Å². The number of nitrogens with one attached hydrogen (secondary N) is 1. The number of nitrogens with zero attached hydrogens (tertiary/aromatic N) is 2. The van der Waals surface area contributed by atoms with Crippen LogP contribution in [0, 0.1) is 6.92 Å². The van der Waals surface area contributed by atoms with Crippen molar-refractivity contribution < 1.29 is 0 Å². The highest BCUT2D eigenvalue weighted by Gasteiger charge is 2.13. The molecule has 0 amide bonds. The molecule has 2 aromatic rings. The molecule has 0 unspecified atom stereocenters. The van der Waals surface area contributed by atoms with Gasteiger partial charge < -0.3 is 5.43 Å². The predicted molar refractivity (Wildman–Crippen MR) is 79.4 cm³/mol. The van der Waals surface area contributed by atoms with Crippen LogP contribution in [0.5, 0.6) is 0 Å². The van der Waals surface area contributed by atoms with Crippen LogP contribution in [0.3, 0.4) is 0 Å². The Morgan fingerprint density at radius 1 is 1.26 bits per heavy atom. The number of halogens is 2. The molecule has 0 aliphatic rings. The average Bonchev–Trinajstić information content (AvgIpc) is 2.37. The molecule has 19 heavy (non-hydrogen) atoms. The number of hydrogen-bond acceptors (Lipinski definition) is 4. The Morgan fingerprint density at radius 3 is 2.58 bits per heavy atom. The van der Waals surface area contributed by atoms with Crippen LogP contribution in [0.25, 0.3) is 11.4 Å². The molecule has 0 aliphatic carbocycles. The van der Waals surface area contributed by atoms with Crippen molar-refractivity contribution >= 4 is 29.0 Å². The second-order valence-electron chi connectivity index (χ2n) is 4.08. The summed E-state index contributed by atoms with van der Waals surface area (Å²) in [5, 5.41) is 1.09. The standard InChI is InChI=1S/C13H14Cl2N4/c1-3-9-7(2)17-12(18-13(9)19-16)10-5-4-8(14)6-11(10)15/h4-6H,3,16H2,1-2H3,(H,17,18,19). The summed E-state index contributed by atoms with van der Waals surface area (Å²) in [6.07, 6.45) is 0.806. The maximum Gasteiger partial charge on any atom is 0.163 e. The third-order valence-corrected chi connectivity index (χ3v) is 3.42. The maximum absolute atomic E-state index is 6.17. The lowest BCUT2D eigenvalue weighted by Crippen LogP contribution is -2.13. The molecule has 0 aliphatic heterocycles. The molecule has 6 heteroatoms. The Kier molecular flexibility index (Phi) is 4.24. The van der Waals surface area contributed by atoms with E-state index in [1.54, 1.807) is 18.2 Å². The zero-order chi connectivity index (χ0) is 14.0. The summed E-state index contributed by atoms with van der Waals surface area (Å²) in [7, 11) is 0. The third kappa shape index (κ3) is 2.81. The normalized spacial score (nSPS) is 10.6. The zero-order valence-corrected chi connectivity index (χ0v) is 12.2. The summed E-state index contributed by atoms with van der Waals surface area (Å²) in [4.78, 5) is 8.89. The molecule has 1 heterocycles. The van der Waals surface area contributed by atoms with Crippen LogP contribution < -0.4 is 11.3 Å². The predicted octanol–water partition coefficient (Wildman–Crippen LogP) is 3.61. The van der Waals surface area contributed by atoms with Gasteiger partial charge in [-0.1, -0.05) is 30.1 Å². The van der Waals surface area contributed by atoms with Crippen LogP contribution in [-0.4, -0.2) is 9.97 Å². The minimum atomic E-state index is 0.513. The summed E-state index contributed by atoms with van der Waals surface area (Å²) in [6, 6.07) is 5.22. The average molecular weight is 297 g/mol. The van der Waals surface area contributed by atoms with Gasteiger partial charge in [-0.05, 0) is 31.5 Å². The van der Waals surface area contributed by atoms with E-state index in [9.17, 15) is 0 Å². The van der Waals surface area contributed by atoms with Gasteiger partial charge in [0, 0.05) is 21.8 Å². The lowest BCUT2D eigenvalue weighted by Gasteiger charge is -2.12. The van der Waals surface area contributed by atoms with Gasteiger partial charge in [-0.2, -0.15) is 0 Å². The molecule has 0 bridgehead atoms. The Morgan fingerprint density at radius 2 is 2.00 bits per heavy atom. The topological polar surface area (TPSA) is 63.8 Å². The van der Waals surface area contributed by atoms with Crippen molar-refractivity contribution in [3.05, 3.63) is 39.5 Å². The van der Waals surface area contributed by atoms with E-state index < -0.39 is 0 Å². The van der Waals surface area contributed by atoms with Gasteiger partial charge in [-0.3, -0.25) is 0 Å². The fraction of sp³-hybridized carbons (Fsp3) is 0.231. The number of aryl methyl sites for hydroxylation is 1. The van der Waals surface area contributed by atoms with E-state index in [1.807, 2.05) is 13.8 Å². The number of hydrazine groups is 1. The lowest BCUT2D eigenvalue weighted by molar-refractivity contribution is 0.995. The van der Waals surface area contributed by atoms with Crippen LogP contribution in [0.4, 0.5) is 5.82 Å². The molecule has 0 fully saturated rings. The highest BCUT2D eigenvalue weighted by molar-refractivity contribution is 6.36. The molecule has 0 saturated heterocycles. The van der Waals surface area contributed by atoms with Crippen LogP contribution in [0.1, 0.15) is 18.2 Å². The van der Waals surface area contributed by atoms with E-state index in [4.69, 9.17) is 29.0 Å². The monoisotopic (exact) mass is 296 g/mol. The van der Waals surface area contributed by atoms with E-state index in [2.05, 4.69) is 15.4 Å².